The number of pyridine rings is 1. The highest BCUT2D eigenvalue weighted by Gasteiger charge is 2.54. The predicted octanol–water partition coefficient (Wildman–Crippen LogP) is 6.94. The molecule has 0 saturated carbocycles. The summed E-state index contributed by atoms with van der Waals surface area (Å²) < 4.78 is 12.8. The van der Waals surface area contributed by atoms with Crippen molar-refractivity contribution in [3.05, 3.63) is 114 Å². The summed E-state index contributed by atoms with van der Waals surface area (Å²) >= 11 is 0. The predicted molar refractivity (Wildman–Crippen MR) is 154 cm³/mol. The Balaban J connectivity index is 1.74. The zero-order chi connectivity index (χ0) is 27.0. The third-order valence-corrected chi connectivity index (χ3v) is 7.50. The summed E-state index contributed by atoms with van der Waals surface area (Å²) in [5, 5.41) is 0.956. The van der Waals surface area contributed by atoms with Gasteiger partial charge in [0, 0.05) is 53.1 Å². The molecule has 0 saturated heterocycles. The molecule has 1 atom stereocenters. The second kappa shape index (κ2) is 9.95. The number of ether oxygens (including phenoxy) is 2. The first-order valence-electron chi connectivity index (χ1n) is 13.5. The Morgan fingerprint density at radius 2 is 1.69 bits per heavy atom. The van der Waals surface area contributed by atoms with E-state index < -0.39 is 11.6 Å². The van der Waals surface area contributed by atoms with E-state index in [4.69, 9.17) is 14.5 Å². The zero-order valence-corrected chi connectivity index (χ0v) is 22.4. The molecule has 0 spiro atoms. The molecule has 0 amide bonds. The van der Waals surface area contributed by atoms with Gasteiger partial charge in [-0.25, -0.2) is 4.79 Å². The zero-order valence-electron chi connectivity index (χ0n) is 22.4. The molecular formula is C33H31N3O3. The minimum Gasteiger partial charge on any atom is -0.493 e. The molecule has 1 aliphatic rings. The summed E-state index contributed by atoms with van der Waals surface area (Å²) in [6, 6.07) is 28.0. The molecule has 1 aliphatic heterocycles. The third-order valence-electron chi connectivity index (χ3n) is 7.50. The van der Waals surface area contributed by atoms with E-state index in [2.05, 4.69) is 54.1 Å². The maximum Gasteiger partial charge on any atom is 0.341 e. The SMILES string of the molecule is CCOc1cc(N(CC)CC)ccc1C1(c2c(-c3ccccc3)[nH]c3ccccc23)OC(=O)c2cccnc21. The number of hydrogen-bond acceptors (Lipinski definition) is 5. The molecule has 3 aromatic carbocycles. The van der Waals surface area contributed by atoms with Crippen molar-refractivity contribution in [2.75, 3.05) is 24.6 Å². The van der Waals surface area contributed by atoms with Crippen molar-refractivity contribution in [2.45, 2.75) is 26.4 Å². The number of aromatic nitrogens is 2. The molecule has 1 N–H and O–H groups in total. The Labute approximate surface area is 228 Å². The number of esters is 1. The van der Waals surface area contributed by atoms with Gasteiger partial charge in [-0.3, -0.25) is 4.98 Å². The number of rotatable bonds is 8. The molecule has 0 aliphatic carbocycles. The fourth-order valence-electron chi connectivity index (χ4n) is 5.77. The molecule has 6 heteroatoms. The van der Waals surface area contributed by atoms with E-state index in [1.54, 1.807) is 18.3 Å². The molecule has 0 fully saturated rings. The summed E-state index contributed by atoms with van der Waals surface area (Å²) in [6.45, 7) is 8.44. The average molecular weight is 518 g/mol. The average Bonchev–Trinajstić information content (AvgIpc) is 3.51. The van der Waals surface area contributed by atoms with E-state index >= 15 is 0 Å². The lowest BCUT2D eigenvalue weighted by molar-refractivity contribution is 0.0242. The van der Waals surface area contributed by atoms with E-state index in [1.165, 1.54) is 0 Å². The van der Waals surface area contributed by atoms with Crippen LogP contribution >= 0.6 is 0 Å². The second-order valence-electron chi connectivity index (χ2n) is 9.54. The van der Waals surface area contributed by atoms with Crippen LogP contribution in [0, 0.1) is 0 Å². The van der Waals surface area contributed by atoms with Gasteiger partial charge in [0.05, 0.1) is 17.9 Å². The number of cyclic esters (lactones) is 1. The van der Waals surface area contributed by atoms with Gasteiger partial charge in [-0.05, 0) is 56.7 Å². The largest absolute Gasteiger partial charge is 0.493 e. The van der Waals surface area contributed by atoms with Crippen molar-refractivity contribution >= 4 is 22.6 Å². The van der Waals surface area contributed by atoms with Gasteiger partial charge in [-0.1, -0.05) is 48.5 Å². The van der Waals surface area contributed by atoms with Crippen LogP contribution in [0.5, 0.6) is 5.75 Å². The monoisotopic (exact) mass is 517 g/mol. The quantitative estimate of drug-likeness (QED) is 0.226. The second-order valence-corrected chi connectivity index (χ2v) is 9.54. The van der Waals surface area contributed by atoms with Crippen molar-refractivity contribution in [2.24, 2.45) is 0 Å². The van der Waals surface area contributed by atoms with Gasteiger partial charge in [-0.15, -0.1) is 0 Å². The van der Waals surface area contributed by atoms with E-state index in [0.29, 0.717) is 23.6 Å². The van der Waals surface area contributed by atoms with Gasteiger partial charge in [-0.2, -0.15) is 0 Å². The van der Waals surface area contributed by atoms with Crippen LogP contribution in [0.4, 0.5) is 5.69 Å². The van der Waals surface area contributed by atoms with Gasteiger partial charge in [0.2, 0.25) is 5.60 Å². The number of benzene rings is 3. The fraction of sp³-hybridized carbons (Fsp3) is 0.212. The van der Waals surface area contributed by atoms with Gasteiger partial charge in [0.15, 0.2) is 0 Å². The van der Waals surface area contributed by atoms with Crippen LogP contribution in [-0.2, 0) is 10.3 Å². The van der Waals surface area contributed by atoms with Crippen molar-refractivity contribution in [3.8, 4) is 17.0 Å². The molecule has 2 aromatic heterocycles. The number of fused-ring (bicyclic) bond motifs is 2. The summed E-state index contributed by atoms with van der Waals surface area (Å²) in [5.41, 5.74) is 5.13. The van der Waals surface area contributed by atoms with Crippen LogP contribution in [0.2, 0.25) is 0 Å². The number of nitrogens with one attached hydrogen (secondary N) is 1. The van der Waals surface area contributed by atoms with Crippen LogP contribution in [0.1, 0.15) is 48.0 Å². The fourth-order valence-corrected chi connectivity index (χ4v) is 5.77. The Bertz CT molecular complexity index is 1660. The molecular weight excluding hydrogens is 486 g/mol. The number of anilines is 1. The first-order chi connectivity index (χ1) is 19.1. The first-order valence-corrected chi connectivity index (χ1v) is 13.5. The van der Waals surface area contributed by atoms with E-state index in [1.807, 2.05) is 49.4 Å². The van der Waals surface area contributed by atoms with Crippen molar-refractivity contribution in [1.82, 2.24) is 9.97 Å². The molecule has 3 heterocycles. The topological polar surface area (TPSA) is 67.4 Å². The van der Waals surface area contributed by atoms with Gasteiger partial charge < -0.3 is 19.4 Å². The van der Waals surface area contributed by atoms with Gasteiger partial charge >= 0.3 is 5.97 Å². The third kappa shape index (κ3) is 3.86. The van der Waals surface area contributed by atoms with Crippen LogP contribution in [0.3, 0.4) is 0 Å². The number of nitrogens with zero attached hydrogens (tertiary/aromatic N) is 2. The number of carbonyl (C=O) groups is 1. The smallest absolute Gasteiger partial charge is 0.341 e. The molecule has 6 nitrogen and oxygen atoms in total. The normalized spacial score (nSPS) is 16.2. The van der Waals surface area contributed by atoms with Crippen molar-refractivity contribution in [1.29, 1.82) is 0 Å². The Hall–Kier alpha value is -4.58. The molecule has 196 valence electrons. The standard InChI is InChI=1S/C33H31N3O3/c1-4-36(5-2)23-18-19-26(28(21-23)38-6-3)33(31-25(32(37)39-33)16-12-20-34-31)29-24-15-10-11-17-27(24)35-30(29)22-13-8-7-9-14-22/h7-21,35H,4-6H2,1-3H3. The minimum absolute atomic E-state index is 0.405. The maximum absolute atomic E-state index is 13.5. The maximum atomic E-state index is 13.5. The molecule has 39 heavy (non-hydrogen) atoms. The first kappa shape index (κ1) is 24.7. The molecule has 0 bridgehead atoms. The van der Waals surface area contributed by atoms with Crippen LogP contribution in [0.15, 0.2) is 91.1 Å². The van der Waals surface area contributed by atoms with Crippen LogP contribution < -0.4 is 9.64 Å². The molecule has 0 radical (unpaired) electrons. The number of para-hydroxylation sites is 1. The molecule has 1 unspecified atom stereocenters. The van der Waals surface area contributed by atoms with Crippen LogP contribution in [-0.4, -0.2) is 35.6 Å². The highest BCUT2D eigenvalue weighted by atomic mass is 16.6. The Morgan fingerprint density at radius 3 is 2.46 bits per heavy atom. The van der Waals surface area contributed by atoms with Gasteiger partial charge in [0.1, 0.15) is 11.4 Å². The van der Waals surface area contributed by atoms with Crippen molar-refractivity contribution < 1.29 is 14.3 Å². The number of aromatic amines is 1. The highest BCUT2D eigenvalue weighted by Crippen LogP contribution is 2.54. The number of H-pyrrole nitrogens is 1. The molecule has 6 rings (SSSR count). The van der Waals surface area contributed by atoms with Gasteiger partial charge in [0.25, 0.3) is 0 Å². The Kier molecular flexibility index (Phi) is 6.31. The lowest BCUT2D eigenvalue weighted by atomic mass is 9.79. The number of carbonyl (C=O) groups excluding carboxylic acids is 1. The summed E-state index contributed by atoms with van der Waals surface area (Å²) in [6.07, 6.45) is 1.72. The summed E-state index contributed by atoms with van der Waals surface area (Å²) in [4.78, 5) is 24.3. The lowest BCUT2D eigenvalue weighted by Gasteiger charge is -2.32. The van der Waals surface area contributed by atoms with Crippen LogP contribution in [0.25, 0.3) is 22.2 Å². The minimum atomic E-state index is -1.33. The van der Waals surface area contributed by atoms with E-state index in [-0.39, 0.29) is 0 Å². The highest BCUT2D eigenvalue weighted by molar-refractivity contribution is 6.00. The van der Waals surface area contributed by atoms with E-state index in [0.717, 1.165) is 52.1 Å². The van der Waals surface area contributed by atoms with Crippen molar-refractivity contribution in [3.63, 3.8) is 0 Å². The summed E-state index contributed by atoms with van der Waals surface area (Å²) in [7, 11) is 0. The lowest BCUT2D eigenvalue weighted by Crippen LogP contribution is -2.32. The Morgan fingerprint density at radius 1 is 0.923 bits per heavy atom. The summed E-state index contributed by atoms with van der Waals surface area (Å²) in [5.74, 6) is 0.259. The molecule has 5 aromatic rings. The van der Waals surface area contributed by atoms with E-state index in [9.17, 15) is 4.79 Å². The number of hydrogen-bond donors (Lipinski definition) is 1.